The molecule has 2 aromatic carbocycles. The average molecular weight is 697 g/mol. The third kappa shape index (κ3) is 10.6. The molecule has 50 heavy (non-hydrogen) atoms. The van der Waals surface area contributed by atoms with E-state index in [1.54, 1.807) is 6.07 Å². The van der Waals surface area contributed by atoms with Gasteiger partial charge in [0.1, 0.15) is 0 Å². The van der Waals surface area contributed by atoms with Gasteiger partial charge in [0, 0.05) is 75.1 Å². The van der Waals surface area contributed by atoms with E-state index in [0.717, 1.165) is 113 Å². The molecule has 11 nitrogen and oxygen atoms in total. The number of nitrogens with zero attached hydrogens (tertiary/aromatic N) is 4. The quantitative estimate of drug-likeness (QED) is 0.186. The van der Waals surface area contributed by atoms with Crippen LogP contribution in [0.1, 0.15) is 39.0 Å². The second-order valence-corrected chi connectivity index (χ2v) is 12.0. The summed E-state index contributed by atoms with van der Waals surface area (Å²) in [7, 11) is 0. The summed E-state index contributed by atoms with van der Waals surface area (Å²) in [6.45, 7) is 16.5. The number of aromatic carboxylic acids is 1. The second kappa shape index (κ2) is 20.6. The summed E-state index contributed by atoms with van der Waals surface area (Å²) < 4.78 is 20.4. The van der Waals surface area contributed by atoms with Crippen LogP contribution in [0.4, 0.5) is 0 Å². The molecule has 2 aliphatic rings. The molecule has 0 atom stereocenters. The van der Waals surface area contributed by atoms with Crippen LogP contribution in [0.2, 0.25) is 0 Å². The fourth-order valence-corrected chi connectivity index (χ4v) is 6.33. The molecule has 0 saturated carbocycles. The normalized spacial score (nSPS) is 14.9. The molecule has 2 aliphatic heterocycles. The van der Waals surface area contributed by atoms with Crippen molar-refractivity contribution < 1.29 is 63.9 Å². The molecule has 6 rings (SSSR count). The van der Waals surface area contributed by atoms with Crippen LogP contribution in [0.15, 0.2) is 72.8 Å². The maximum Gasteiger partial charge on any atom is 1.00 e. The standard InChI is InChI=1S/C20H26N2O3.C18H22N2O3.Na.H2O/c1-3-25-20(23)18-15-19(17-7-5-4-6-8-17)22(16(18)2)10-9-21-11-13-24-14-12-21;1-14-16(18(21)22)13-17(15-5-3-2-4-6-15)20(14)8-7-19-9-11-23-12-10-19;;/h4-8,15H,3,9-14H2,1-2H3;2-6,13H,7-12H2,1H3,(H,21,22);;1H2/q;;+1;/p-1. The number of carbonyl (C=O) groups is 2. The monoisotopic (exact) mass is 696 g/mol. The Morgan fingerprint density at radius 1 is 0.680 bits per heavy atom. The summed E-state index contributed by atoms with van der Waals surface area (Å²) >= 11 is 0. The third-order valence-electron chi connectivity index (χ3n) is 9.08. The van der Waals surface area contributed by atoms with Crippen molar-refractivity contribution in [3.8, 4) is 22.5 Å². The van der Waals surface area contributed by atoms with E-state index in [2.05, 4.69) is 31.1 Å². The van der Waals surface area contributed by atoms with Gasteiger partial charge in [-0.25, -0.2) is 9.59 Å². The van der Waals surface area contributed by atoms with Crippen molar-refractivity contribution in [2.75, 3.05) is 72.3 Å². The van der Waals surface area contributed by atoms with Gasteiger partial charge in [-0.1, -0.05) is 60.7 Å². The number of esters is 1. The summed E-state index contributed by atoms with van der Waals surface area (Å²) in [5, 5.41) is 9.43. The maximum atomic E-state index is 12.3. The first-order valence-electron chi connectivity index (χ1n) is 16.9. The van der Waals surface area contributed by atoms with Gasteiger partial charge in [0.2, 0.25) is 0 Å². The molecular weight excluding hydrogens is 647 g/mol. The van der Waals surface area contributed by atoms with Crippen LogP contribution < -0.4 is 29.6 Å². The molecule has 4 heterocycles. The Balaban J connectivity index is 0.000000261. The molecule has 4 aromatic rings. The first kappa shape index (κ1) is 41.2. The zero-order chi connectivity index (χ0) is 33.9. The minimum Gasteiger partial charge on any atom is -0.870 e. The molecule has 2 N–H and O–H groups in total. The Hall–Kier alpha value is -3.26. The summed E-state index contributed by atoms with van der Waals surface area (Å²) in [6.07, 6.45) is 0. The fraction of sp³-hybridized carbons (Fsp3) is 0.421. The SMILES string of the molecule is CCOC(=O)c1cc(-c2ccccc2)n(CCN2CCOCC2)c1C.Cc1c(C(=O)O)cc(-c2ccccc2)n1CCN1CCOCC1.[Na+].[OH-]. The first-order chi connectivity index (χ1) is 23.4. The summed E-state index contributed by atoms with van der Waals surface area (Å²) in [4.78, 5) is 28.6. The van der Waals surface area contributed by atoms with Crippen molar-refractivity contribution in [1.82, 2.24) is 18.9 Å². The smallest absolute Gasteiger partial charge is 0.870 e. The van der Waals surface area contributed by atoms with Crippen molar-refractivity contribution in [2.24, 2.45) is 0 Å². The van der Waals surface area contributed by atoms with E-state index in [9.17, 15) is 14.7 Å². The minimum absolute atomic E-state index is 0. The van der Waals surface area contributed by atoms with Gasteiger partial charge in [-0.2, -0.15) is 0 Å². The molecule has 12 heteroatoms. The van der Waals surface area contributed by atoms with Crippen molar-refractivity contribution in [3.63, 3.8) is 0 Å². The van der Waals surface area contributed by atoms with Gasteiger partial charge in [0.25, 0.3) is 0 Å². The Labute approximate surface area is 317 Å². The van der Waals surface area contributed by atoms with Crippen molar-refractivity contribution in [1.29, 1.82) is 0 Å². The van der Waals surface area contributed by atoms with E-state index < -0.39 is 5.97 Å². The van der Waals surface area contributed by atoms with Gasteiger partial charge in [-0.3, -0.25) is 9.80 Å². The van der Waals surface area contributed by atoms with Crippen LogP contribution >= 0.6 is 0 Å². The van der Waals surface area contributed by atoms with E-state index in [-0.39, 0.29) is 41.0 Å². The zero-order valence-corrected chi connectivity index (χ0v) is 31.8. The van der Waals surface area contributed by atoms with Crippen LogP contribution in [0.5, 0.6) is 0 Å². The Morgan fingerprint density at radius 2 is 1.08 bits per heavy atom. The van der Waals surface area contributed by atoms with Crippen molar-refractivity contribution >= 4 is 11.9 Å². The van der Waals surface area contributed by atoms with Gasteiger partial charge in [-0.05, 0) is 44.0 Å². The Kier molecular flexibility index (Phi) is 16.9. The molecule has 0 aliphatic carbocycles. The summed E-state index contributed by atoms with van der Waals surface area (Å²) in [5.41, 5.74) is 7.00. The van der Waals surface area contributed by atoms with Crippen molar-refractivity contribution in [3.05, 3.63) is 95.3 Å². The minimum atomic E-state index is -0.871. The molecule has 2 saturated heterocycles. The molecule has 264 valence electrons. The summed E-state index contributed by atoms with van der Waals surface area (Å²) in [5.74, 6) is -1.12. The third-order valence-corrected chi connectivity index (χ3v) is 9.08. The number of carboxylic acid groups (broad SMARTS) is 1. The molecule has 0 bridgehead atoms. The maximum absolute atomic E-state index is 12.3. The number of aromatic nitrogens is 2. The zero-order valence-electron chi connectivity index (χ0n) is 29.8. The molecule has 2 aromatic heterocycles. The van der Waals surface area contributed by atoms with Crippen LogP contribution in [0.3, 0.4) is 0 Å². The molecule has 0 spiro atoms. The molecule has 2 fully saturated rings. The number of rotatable bonds is 11. The second-order valence-electron chi connectivity index (χ2n) is 12.0. The van der Waals surface area contributed by atoms with Crippen LogP contribution in [0.25, 0.3) is 22.5 Å². The largest absolute Gasteiger partial charge is 1.00 e. The number of carboxylic acids is 1. The fourth-order valence-electron chi connectivity index (χ4n) is 6.33. The first-order valence-corrected chi connectivity index (χ1v) is 16.9. The summed E-state index contributed by atoms with van der Waals surface area (Å²) in [6, 6.07) is 23.9. The number of hydrogen-bond acceptors (Lipinski definition) is 8. The average Bonchev–Trinajstić information content (AvgIpc) is 3.64. The van der Waals surface area contributed by atoms with Gasteiger partial charge < -0.3 is 33.9 Å². The van der Waals surface area contributed by atoms with E-state index >= 15 is 0 Å². The van der Waals surface area contributed by atoms with Crippen molar-refractivity contribution in [2.45, 2.75) is 33.9 Å². The molecule has 0 radical (unpaired) electrons. The van der Waals surface area contributed by atoms with Crippen LogP contribution in [0, 0.1) is 13.8 Å². The number of benzene rings is 2. The van der Waals surface area contributed by atoms with Gasteiger partial charge in [-0.15, -0.1) is 0 Å². The predicted octanol–water partition coefficient (Wildman–Crippen LogP) is 2.29. The van der Waals surface area contributed by atoms with Gasteiger partial charge in [0.15, 0.2) is 0 Å². The van der Waals surface area contributed by atoms with E-state index in [0.29, 0.717) is 17.7 Å². The molecule has 0 unspecified atom stereocenters. The molecule has 0 amide bonds. The van der Waals surface area contributed by atoms with E-state index in [4.69, 9.17) is 14.2 Å². The van der Waals surface area contributed by atoms with E-state index in [1.165, 1.54) is 0 Å². The number of ether oxygens (including phenoxy) is 3. The Bertz CT molecular complexity index is 1630. The number of hydrogen-bond donors (Lipinski definition) is 1. The van der Waals surface area contributed by atoms with Crippen LogP contribution in [-0.2, 0) is 27.3 Å². The Morgan fingerprint density at radius 3 is 1.48 bits per heavy atom. The van der Waals surface area contributed by atoms with Gasteiger partial charge in [0.05, 0.1) is 44.2 Å². The molecular formula is C38H49N4NaO7. The topological polar surface area (TPSA) is 128 Å². The van der Waals surface area contributed by atoms with E-state index in [1.807, 2.05) is 75.4 Å². The van der Waals surface area contributed by atoms with Crippen LogP contribution in [-0.4, -0.2) is 114 Å². The predicted molar refractivity (Wildman–Crippen MR) is 189 cm³/mol. The number of carbonyl (C=O) groups excluding carboxylic acids is 1. The number of morpholine rings is 2. The van der Waals surface area contributed by atoms with Gasteiger partial charge >= 0.3 is 41.5 Å².